The van der Waals surface area contributed by atoms with Gasteiger partial charge in [-0.05, 0) is 25.7 Å². The van der Waals surface area contributed by atoms with Gasteiger partial charge in [0.25, 0.3) is 0 Å². The number of nitrogens with one attached hydrogen (secondary N) is 1. The molecule has 0 saturated carbocycles. The Bertz CT molecular complexity index is 902. The van der Waals surface area contributed by atoms with Gasteiger partial charge in [0.05, 0.1) is 24.7 Å². The van der Waals surface area contributed by atoms with E-state index in [2.05, 4.69) is 45.0 Å². The summed E-state index contributed by atoms with van der Waals surface area (Å²) in [6.07, 6.45) is 6.32. The van der Waals surface area contributed by atoms with E-state index >= 15 is 0 Å². The zero-order valence-electron chi connectivity index (χ0n) is 19.3. The van der Waals surface area contributed by atoms with Gasteiger partial charge < -0.3 is 20.1 Å². The maximum atomic E-state index is 9.28. The molecule has 1 saturated heterocycles. The van der Waals surface area contributed by atoms with E-state index in [1.165, 1.54) is 11.3 Å². The SMILES string of the molecule is CCC1CC(N(C)c2nc(Nc3ncc(CO)s3)cc(OC)n2)CC(CC)N1CCC#N. The number of rotatable bonds is 10. The van der Waals surface area contributed by atoms with Crippen molar-refractivity contribution in [1.82, 2.24) is 19.9 Å². The van der Waals surface area contributed by atoms with E-state index in [1.807, 2.05) is 7.05 Å². The molecule has 174 valence electrons. The Balaban J connectivity index is 1.81. The monoisotopic (exact) mass is 459 g/mol. The van der Waals surface area contributed by atoms with E-state index in [9.17, 15) is 5.11 Å². The van der Waals surface area contributed by atoms with Gasteiger partial charge in [-0.2, -0.15) is 15.2 Å². The Morgan fingerprint density at radius 2 is 2.03 bits per heavy atom. The summed E-state index contributed by atoms with van der Waals surface area (Å²) >= 11 is 1.38. The molecule has 1 fully saturated rings. The van der Waals surface area contributed by atoms with Crippen molar-refractivity contribution in [3.8, 4) is 11.9 Å². The number of likely N-dealkylation sites (tertiary alicyclic amines) is 1. The molecule has 2 N–H and O–H groups in total. The van der Waals surface area contributed by atoms with Crippen molar-refractivity contribution < 1.29 is 9.84 Å². The average molecular weight is 460 g/mol. The molecule has 32 heavy (non-hydrogen) atoms. The first-order valence-electron chi connectivity index (χ1n) is 11.1. The predicted molar refractivity (Wildman–Crippen MR) is 126 cm³/mol. The zero-order chi connectivity index (χ0) is 23.1. The molecule has 2 unspecified atom stereocenters. The molecule has 3 heterocycles. The number of aliphatic hydroxyl groups excluding tert-OH is 1. The van der Waals surface area contributed by atoms with Gasteiger partial charge in [-0.1, -0.05) is 25.2 Å². The van der Waals surface area contributed by atoms with Crippen molar-refractivity contribution in [2.24, 2.45) is 0 Å². The van der Waals surface area contributed by atoms with E-state index in [1.54, 1.807) is 19.4 Å². The lowest BCUT2D eigenvalue weighted by atomic mass is 9.87. The van der Waals surface area contributed by atoms with E-state index in [0.29, 0.717) is 47.3 Å². The second-order valence-corrected chi connectivity index (χ2v) is 9.13. The fourth-order valence-corrected chi connectivity index (χ4v) is 5.09. The number of hydrogen-bond acceptors (Lipinski definition) is 10. The Kier molecular flexibility index (Phi) is 8.61. The Hall–Kier alpha value is -2.48. The summed E-state index contributed by atoms with van der Waals surface area (Å²) in [6.45, 7) is 5.23. The second-order valence-electron chi connectivity index (χ2n) is 8.02. The highest BCUT2D eigenvalue weighted by Crippen LogP contribution is 2.32. The molecule has 2 aromatic heterocycles. The lowest BCUT2D eigenvalue weighted by molar-refractivity contribution is 0.0682. The molecule has 0 amide bonds. The molecule has 0 spiro atoms. The highest BCUT2D eigenvalue weighted by molar-refractivity contribution is 7.15. The molecular weight excluding hydrogens is 426 g/mol. The first-order valence-corrected chi connectivity index (χ1v) is 12.0. The third-order valence-corrected chi connectivity index (χ3v) is 7.06. The van der Waals surface area contributed by atoms with E-state index in [4.69, 9.17) is 15.0 Å². The standard InChI is InChI=1S/C22H33N7O2S/c1-5-15-10-17(11-16(6-2)29(15)9-7-8-23)28(3)21-25-19(12-20(27-21)31-4)26-22-24-13-18(14-30)32-22/h12-13,15-17,30H,5-7,9-11,14H2,1-4H3,(H,24,25,26,27). The largest absolute Gasteiger partial charge is 0.481 e. The normalized spacial score (nSPS) is 21.2. The number of ether oxygens (including phenoxy) is 1. The molecule has 0 aromatic carbocycles. The summed E-state index contributed by atoms with van der Waals surface area (Å²) in [4.78, 5) is 19.1. The van der Waals surface area contributed by atoms with Gasteiger partial charge in [0, 0.05) is 50.4 Å². The minimum Gasteiger partial charge on any atom is -0.481 e. The maximum Gasteiger partial charge on any atom is 0.230 e. The summed E-state index contributed by atoms with van der Waals surface area (Å²) in [6, 6.07) is 5.20. The average Bonchev–Trinajstić information content (AvgIpc) is 3.28. The lowest BCUT2D eigenvalue weighted by Gasteiger charge is -2.47. The number of methoxy groups -OCH3 is 1. The summed E-state index contributed by atoms with van der Waals surface area (Å²) in [5.74, 6) is 1.68. The molecule has 0 bridgehead atoms. The van der Waals surface area contributed by atoms with Crippen LogP contribution in [0.2, 0.25) is 0 Å². The van der Waals surface area contributed by atoms with Crippen LogP contribution in [0.4, 0.5) is 16.9 Å². The number of nitrogens with zero attached hydrogens (tertiary/aromatic N) is 6. The smallest absolute Gasteiger partial charge is 0.230 e. The molecule has 2 atom stereocenters. The number of thiazole rings is 1. The van der Waals surface area contributed by atoms with Crippen LogP contribution in [-0.2, 0) is 6.61 Å². The molecule has 3 rings (SSSR count). The van der Waals surface area contributed by atoms with Gasteiger partial charge in [0.1, 0.15) is 5.82 Å². The van der Waals surface area contributed by atoms with Crippen molar-refractivity contribution >= 4 is 28.2 Å². The second kappa shape index (κ2) is 11.4. The fourth-order valence-electron chi connectivity index (χ4n) is 4.41. The molecule has 1 aliphatic heterocycles. The molecule has 9 nitrogen and oxygen atoms in total. The van der Waals surface area contributed by atoms with Crippen LogP contribution in [0.5, 0.6) is 5.88 Å². The van der Waals surface area contributed by atoms with Crippen molar-refractivity contribution in [3.63, 3.8) is 0 Å². The number of aromatic nitrogens is 3. The number of aliphatic hydroxyl groups is 1. The number of anilines is 3. The van der Waals surface area contributed by atoms with Gasteiger partial charge in [-0.15, -0.1) is 0 Å². The third kappa shape index (κ3) is 5.65. The van der Waals surface area contributed by atoms with Crippen LogP contribution in [0.3, 0.4) is 0 Å². The van der Waals surface area contributed by atoms with Crippen molar-refractivity contribution in [1.29, 1.82) is 5.26 Å². The van der Waals surface area contributed by atoms with Crippen molar-refractivity contribution in [2.45, 2.75) is 70.7 Å². The number of nitriles is 1. The third-order valence-electron chi connectivity index (χ3n) is 6.16. The van der Waals surface area contributed by atoms with Crippen molar-refractivity contribution in [3.05, 3.63) is 17.1 Å². The first kappa shape index (κ1) is 24.2. The van der Waals surface area contributed by atoms with Gasteiger partial charge in [-0.25, -0.2) is 4.98 Å². The van der Waals surface area contributed by atoms with Gasteiger partial charge in [0.15, 0.2) is 5.13 Å². The molecule has 2 aromatic rings. The Morgan fingerprint density at radius 1 is 1.31 bits per heavy atom. The van der Waals surface area contributed by atoms with Crippen LogP contribution in [0.25, 0.3) is 0 Å². The Labute approximate surface area is 194 Å². The Morgan fingerprint density at radius 3 is 2.59 bits per heavy atom. The molecule has 0 radical (unpaired) electrons. The highest BCUT2D eigenvalue weighted by atomic mass is 32.1. The van der Waals surface area contributed by atoms with Gasteiger partial charge in [-0.3, -0.25) is 4.90 Å². The van der Waals surface area contributed by atoms with Crippen LogP contribution < -0.4 is 15.0 Å². The van der Waals surface area contributed by atoms with Crippen LogP contribution in [-0.4, -0.2) is 63.8 Å². The summed E-state index contributed by atoms with van der Waals surface area (Å²) < 4.78 is 5.43. The minimum absolute atomic E-state index is 0.0370. The molecule has 1 aliphatic rings. The van der Waals surface area contributed by atoms with Gasteiger partial charge >= 0.3 is 0 Å². The molecule has 0 aliphatic carbocycles. The zero-order valence-corrected chi connectivity index (χ0v) is 20.1. The van der Waals surface area contributed by atoms with Crippen LogP contribution in [0, 0.1) is 11.3 Å². The molecule has 10 heteroatoms. The van der Waals surface area contributed by atoms with E-state index in [0.717, 1.165) is 37.1 Å². The number of hydrogen-bond donors (Lipinski definition) is 2. The molecular formula is C22H33N7O2S. The number of piperidine rings is 1. The van der Waals surface area contributed by atoms with E-state index in [-0.39, 0.29) is 6.61 Å². The maximum absolute atomic E-state index is 9.28. The fraction of sp³-hybridized carbons (Fsp3) is 0.636. The summed E-state index contributed by atoms with van der Waals surface area (Å²) in [5.41, 5.74) is 0. The van der Waals surface area contributed by atoms with Gasteiger partial charge in [0.2, 0.25) is 11.8 Å². The lowest BCUT2D eigenvalue weighted by Crippen LogP contribution is -2.54. The van der Waals surface area contributed by atoms with Crippen LogP contribution >= 0.6 is 11.3 Å². The van der Waals surface area contributed by atoms with Crippen molar-refractivity contribution in [2.75, 3.05) is 30.9 Å². The predicted octanol–water partition coefficient (Wildman–Crippen LogP) is 3.55. The highest BCUT2D eigenvalue weighted by Gasteiger charge is 2.36. The minimum atomic E-state index is -0.0370. The quantitative estimate of drug-likeness (QED) is 0.551. The topological polar surface area (TPSA) is 110 Å². The summed E-state index contributed by atoms with van der Waals surface area (Å²) in [7, 11) is 3.64. The van der Waals surface area contributed by atoms with Crippen LogP contribution in [0.1, 0.15) is 50.8 Å². The first-order chi connectivity index (χ1) is 15.5. The van der Waals surface area contributed by atoms with Crippen LogP contribution in [0.15, 0.2) is 12.3 Å². The van der Waals surface area contributed by atoms with E-state index < -0.39 is 0 Å². The summed E-state index contributed by atoms with van der Waals surface area (Å²) in [5, 5.41) is 22.2.